The van der Waals surface area contributed by atoms with Crippen LogP contribution >= 0.6 is 0 Å². The first-order valence-electron chi connectivity index (χ1n) is 2.55. The number of azide groups is 1. The van der Waals surface area contributed by atoms with Gasteiger partial charge in [0, 0.05) is 11.3 Å². The molecule has 0 aromatic heterocycles. The van der Waals surface area contributed by atoms with Gasteiger partial charge in [-0.1, -0.05) is 14.4 Å². The zero-order chi connectivity index (χ0) is 7.11. The van der Waals surface area contributed by atoms with Crippen LogP contribution in [0.15, 0.2) is 5.28 Å². The van der Waals surface area contributed by atoms with Crippen LogP contribution in [0.5, 0.6) is 0 Å². The van der Waals surface area contributed by atoms with E-state index >= 15 is 0 Å². The molecule has 0 amide bonds. The van der Waals surface area contributed by atoms with Crippen molar-refractivity contribution in [3.63, 3.8) is 0 Å². The second kappa shape index (κ2) is 7.78. The SMILES string of the molecule is C.CCCC(=O)ON=[N+]=[N-]. The third-order valence-corrected chi connectivity index (χ3v) is 0.633. The lowest BCUT2D eigenvalue weighted by Gasteiger charge is -1.89. The molecule has 0 atom stereocenters. The molecule has 5 heteroatoms. The van der Waals surface area contributed by atoms with Gasteiger partial charge in [0.25, 0.3) is 0 Å². The molecule has 0 fully saturated rings. The van der Waals surface area contributed by atoms with Gasteiger partial charge in [-0.05, 0) is 12.0 Å². The Morgan fingerprint density at radius 2 is 2.40 bits per heavy atom. The first-order chi connectivity index (χ1) is 4.31. The van der Waals surface area contributed by atoms with Gasteiger partial charge in [-0.2, -0.15) is 0 Å². The average Bonchev–Trinajstić information content (AvgIpc) is 1.85. The average molecular weight is 145 g/mol. The Kier molecular flexibility index (Phi) is 8.99. The second-order valence-electron chi connectivity index (χ2n) is 1.38. The maximum atomic E-state index is 10.3. The summed E-state index contributed by atoms with van der Waals surface area (Å²) in [4.78, 5) is 16.6. The molecule has 5 nitrogen and oxygen atoms in total. The molecule has 0 heterocycles. The third-order valence-electron chi connectivity index (χ3n) is 0.633. The lowest BCUT2D eigenvalue weighted by atomic mass is 10.3. The molecule has 0 bridgehead atoms. The number of carbonyl (C=O) groups is 1. The molecular formula is C5H11N3O2. The minimum Gasteiger partial charge on any atom is -0.359 e. The van der Waals surface area contributed by atoms with Gasteiger partial charge in [-0.15, -0.1) is 0 Å². The van der Waals surface area contributed by atoms with E-state index in [1.807, 2.05) is 6.92 Å². The fourth-order valence-electron chi connectivity index (χ4n) is 0.314. The van der Waals surface area contributed by atoms with Gasteiger partial charge in [0.15, 0.2) is 0 Å². The molecule has 0 rings (SSSR count). The molecule has 0 radical (unpaired) electrons. The van der Waals surface area contributed by atoms with Gasteiger partial charge < -0.3 is 4.84 Å². The van der Waals surface area contributed by atoms with Crippen molar-refractivity contribution in [1.82, 2.24) is 0 Å². The summed E-state index contributed by atoms with van der Waals surface area (Å²) >= 11 is 0. The van der Waals surface area contributed by atoms with Crippen molar-refractivity contribution in [2.45, 2.75) is 27.2 Å². The van der Waals surface area contributed by atoms with Gasteiger partial charge in [-0.3, -0.25) is 4.79 Å². The Labute approximate surface area is 59.6 Å². The molecule has 0 aliphatic rings. The van der Waals surface area contributed by atoms with Gasteiger partial charge in [-0.25, -0.2) is 0 Å². The van der Waals surface area contributed by atoms with E-state index in [0.717, 1.165) is 0 Å². The lowest BCUT2D eigenvalue weighted by Crippen LogP contribution is -1.96. The Hall–Kier alpha value is -1.22. The van der Waals surface area contributed by atoms with Crippen molar-refractivity contribution in [3.05, 3.63) is 10.4 Å². The molecule has 0 saturated carbocycles. The molecule has 0 aromatic carbocycles. The number of nitrogens with zero attached hydrogens (tertiary/aromatic N) is 3. The number of hydrogen-bond acceptors (Lipinski definition) is 3. The van der Waals surface area contributed by atoms with E-state index < -0.39 is 5.97 Å². The smallest absolute Gasteiger partial charge is 0.317 e. The van der Waals surface area contributed by atoms with Crippen LogP contribution < -0.4 is 0 Å². The molecule has 0 aromatic rings. The van der Waals surface area contributed by atoms with E-state index in [-0.39, 0.29) is 7.43 Å². The number of rotatable bonds is 3. The van der Waals surface area contributed by atoms with Gasteiger partial charge in [0.2, 0.25) is 0 Å². The van der Waals surface area contributed by atoms with Crippen molar-refractivity contribution in [1.29, 1.82) is 0 Å². The number of hydrogen-bond donors (Lipinski definition) is 0. The minimum atomic E-state index is -0.490. The van der Waals surface area contributed by atoms with Crippen LogP contribution in [0.3, 0.4) is 0 Å². The molecular weight excluding hydrogens is 134 g/mol. The molecule has 0 aliphatic heterocycles. The van der Waals surface area contributed by atoms with Crippen LogP contribution in [0.1, 0.15) is 27.2 Å². The van der Waals surface area contributed by atoms with Crippen LogP contribution in [0.4, 0.5) is 0 Å². The summed E-state index contributed by atoms with van der Waals surface area (Å²) in [5.41, 5.74) is 7.66. The Balaban J connectivity index is 0. The summed E-state index contributed by atoms with van der Waals surface area (Å²) < 4.78 is 0. The topological polar surface area (TPSA) is 75.1 Å². The van der Waals surface area contributed by atoms with Crippen molar-refractivity contribution in [3.8, 4) is 0 Å². The highest BCUT2D eigenvalue weighted by Crippen LogP contribution is 1.90. The summed E-state index contributed by atoms with van der Waals surface area (Å²) in [5, 5.41) is 2.62. The zero-order valence-corrected chi connectivity index (χ0v) is 5.07. The van der Waals surface area contributed by atoms with Gasteiger partial charge in [0.05, 0.1) is 0 Å². The molecule has 0 spiro atoms. The highest BCUT2D eigenvalue weighted by molar-refractivity contribution is 5.68. The lowest BCUT2D eigenvalue weighted by molar-refractivity contribution is -0.144. The monoisotopic (exact) mass is 145 g/mol. The largest absolute Gasteiger partial charge is 0.359 e. The van der Waals surface area contributed by atoms with Gasteiger partial charge in [0.1, 0.15) is 5.28 Å². The third kappa shape index (κ3) is 6.78. The molecule has 58 valence electrons. The highest BCUT2D eigenvalue weighted by Gasteiger charge is 1.96. The van der Waals surface area contributed by atoms with Gasteiger partial charge >= 0.3 is 5.97 Å². The fourth-order valence-corrected chi connectivity index (χ4v) is 0.314. The van der Waals surface area contributed by atoms with E-state index in [2.05, 4.69) is 15.0 Å². The van der Waals surface area contributed by atoms with E-state index in [1.165, 1.54) is 0 Å². The van der Waals surface area contributed by atoms with Crippen LogP contribution in [0, 0.1) is 0 Å². The van der Waals surface area contributed by atoms with Crippen LogP contribution in [-0.2, 0) is 9.63 Å². The molecule has 0 unspecified atom stereocenters. The summed E-state index contributed by atoms with van der Waals surface area (Å²) in [6.45, 7) is 1.83. The predicted octanol–water partition coefficient (Wildman–Crippen LogP) is 2.19. The Morgan fingerprint density at radius 1 is 1.80 bits per heavy atom. The second-order valence-corrected chi connectivity index (χ2v) is 1.38. The summed E-state index contributed by atoms with van der Waals surface area (Å²) in [5.74, 6) is -0.490. The van der Waals surface area contributed by atoms with Crippen molar-refractivity contribution >= 4 is 5.97 Å². The molecule has 0 N–H and O–H groups in total. The van der Waals surface area contributed by atoms with Crippen molar-refractivity contribution in [2.24, 2.45) is 5.28 Å². The Bertz CT molecular complexity index is 140. The first kappa shape index (κ1) is 11.6. The Morgan fingerprint density at radius 3 is 2.80 bits per heavy atom. The van der Waals surface area contributed by atoms with Crippen LogP contribution in [0.2, 0.25) is 0 Å². The van der Waals surface area contributed by atoms with E-state index in [0.29, 0.717) is 12.8 Å². The predicted molar refractivity (Wildman–Crippen MR) is 36.9 cm³/mol. The van der Waals surface area contributed by atoms with E-state index in [9.17, 15) is 4.79 Å². The summed E-state index contributed by atoms with van der Waals surface area (Å²) in [6, 6.07) is 0. The molecule has 0 aliphatic carbocycles. The molecule has 10 heavy (non-hydrogen) atoms. The van der Waals surface area contributed by atoms with Crippen LogP contribution in [-0.4, -0.2) is 5.97 Å². The van der Waals surface area contributed by atoms with E-state index in [4.69, 9.17) is 5.53 Å². The first-order valence-corrected chi connectivity index (χ1v) is 2.55. The normalized spacial score (nSPS) is 6.90. The maximum Gasteiger partial charge on any atom is 0.317 e. The van der Waals surface area contributed by atoms with Crippen molar-refractivity contribution in [2.75, 3.05) is 0 Å². The number of carbonyl (C=O) groups excluding carboxylic acids is 1. The summed E-state index contributed by atoms with van der Waals surface area (Å²) in [7, 11) is 0. The fraction of sp³-hybridized carbons (Fsp3) is 0.800. The summed E-state index contributed by atoms with van der Waals surface area (Å²) in [6.07, 6.45) is 0.985. The molecule has 0 saturated heterocycles. The van der Waals surface area contributed by atoms with Crippen molar-refractivity contribution < 1.29 is 9.63 Å². The van der Waals surface area contributed by atoms with Crippen LogP contribution in [0.25, 0.3) is 10.4 Å². The standard InChI is InChI=1S/C4H7N3O2.CH4/c1-2-3-4(8)9-7-6-5;/h2-3H2,1H3;1H4. The quantitative estimate of drug-likeness (QED) is 0.264. The minimum absolute atomic E-state index is 0. The van der Waals surface area contributed by atoms with E-state index in [1.54, 1.807) is 0 Å². The maximum absolute atomic E-state index is 10.3. The zero-order valence-electron chi connectivity index (χ0n) is 5.07. The highest BCUT2D eigenvalue weighted by atomic mass is 16.7.